The number of Topliss-reactive ketones (excluding diaryl/α,β-unsaturated/α-hetero) is 1. The summed E-state index contributed by atoms with van der Waals surface area (Å²) in [5, 5.41) is 4.21. The van der Waals surface area contributed by atoms with Crippen LogP contribution in [0.25, 0.3) is 0 Å². The molecule has 88 valence electrons. The van der Waals surface area contributed by atoms with E-state index in [0.717, 1.165) is 11.4 Å². The third kappa shape index (κ3) is 2.01. The Hall–Kier alpha value is -1.20. The maximum absolute atomic E-state index is 12.1. The molecule has 1 aromatic rings. The summed E-state index contributed by atoms with van der Waals surface area (Å²) < 4.78 is 6.91. The van der Waals surface area contributed by atoms with E-state index in [-0.39, 0.29) is 5.78 Å². The van der Waals surface area contributed by atoms with Gasteiger partial charge in [-0.3, -0.25) is 9.48 Å². The summed E-state index contributed by atoms with van der Waals surface area (Å²) in [6.45, 7) is 2.82. The Morgan fingerprint density at radius 1 is 1.75 bits per heavy atom. The van der Waals surface area contributed by atoms with Gasteiger partial charge in [0.1, 0.15) is 5.54 Å². The summed E-state index contributed by atoms with van der Waals surface area (Å²) in [4.78, 5) is 12.1. The van der Waals surface area contributed by atoms with Gasteiger partial charge in [0.25, 0.3) is 0 Å². The number of hydrogen-bond donors (Lipinski definition) is 1. The number of nitrogens with two attached hydrogens (primary N) is 1. The third-order valence-corrected chi connectivity index (χ3v) is 3.05. The van der Waals surface area contributed by atoms with E-state index >= 15 is 0 Å². The van der Waals surface area contributed by atoms with Crippen LogP contribution in [0.3, 0.4) is 0 Å². The second-order valence-electron chi connectivity index (χ2n) is 4.46. The average molecular weight is 223 g/mol. The van der Waals surface area contributed by atoms with Gasteiger partial charge in [0.15, 0.2) is 5.78 Å². The van der Waals surface area contributed by atoms with Crippen LogP contribution in [-0.4, -0.2) is 34.3 Å². The lowest BCUT2D eigenvalue weighted by Gasteiger charge is -2.19. The van der Waals surface area contributed by atoms with Gasteiger partial charge in [0.2, 0.25) is 0 Å². The van der Waals surface area contributed by atoms with Crippen molar-refractivity contribution in [1.82, 2.24) is 9.78 Å². The molecule has 0 saturated carbocycles. The van der Waals surface area contributed by atoms with Crippen LogP contribution in [0.2, 0.25) is 0 Å². The second kappa shape index (κ2) is 3.99. The zero-order chi connectivity index (χ0) is 11.8. The standard InChI is InChI=1S/C11H17N3O2/c1-8-5-9(14(2)13-8)6-10(15)11(12)3-4-16-7-11/h5H,3-4,6-7,12H2,1-2H3. The van der Waals surface area contributed by atoms with Crippen LogP contribution < -0.4 is 5.73 Å². The monoisotopic (exact) mass is 223 g/mol. The van der Waals surface area contributed by atoms with Gasteiger partial charge >= 0.3 is 0 Å². The number of nitrogens with zero attached hydrogens (tertiary/aromatic N) is 2. The van der Waals surface area contributed by atoms with Gasteiger partial charge in [-0.1, -0.05) is 0 Å². The average Bonchev–Trinajstić information content (AvgIpc) is 2.75. The first-order chi connectivity index (χ1) is 7.51. The fourth-order valence-corrected chi connectivity index (χ4v) is 1.97. The number of hydrogen-bond acceptors (Lipinski definition) is 4. The normalized spacial score (nSPS) is 24.9. The van der Waals surface area contributed by atoms with Crippen LogP contribution in [0.15, 0.2) is 6.07 Å². The topological polar surface area (TPSA) is 70.1 Å². The fourth-order valence-electron chi connectivity index (χ4n) is 1.97. The van der Waals surface area contributed by atoms with E-state index < -0.39 is 5.54 Å². The highest BCUT2D eigenvalue weighted by atomic mass is 16.5. The highest BCUT2D eigenvalue weighted by Gasteiger charge is 2.37. The lowest BCUT2D eigenvalue weighted by atomic mass is 9.91. The predicted octanol–water partition coefficient (Wildman–Crippen LogP) is -0.0421. The Balaban J connectivity index is 2.10. The molecule has 1 aromatic heterocycles. The summed E-state index contributed by atoms with van der Waals surface area (Å²) in [5.74, 6) is 0.0352. The third-order valence-electron chi connectivity index (χ3n) is 3.05. The highest BCUT2D eigenvalue weighted by molar-refractivity contribution is 5.90. The zero-order valence-electron chi connectivity index (χ0n) is 9.69. The zero-order valence-corrected chi connectivity index (χ0v) is 9.69. The first-order valence-corrected chi connectivity index (χ1v) is 5.41. The van der Waals surface area contributed by atoms with E-state index in [4.69, 9.17) is 10.5 Å². The number of carbonyl (C=O) groups excluding carboxylic acids is 1. The molecule has 1 aliphatic rings. The molecule has 2 N–H and O–H groups in total. The van der Waals surface area contributed by atoms with Gasteiger partial charge in [-0.25, -0.2) is 0 Å². The number of carbonyl (C=O) groups is 1. The van der Waals surface area contributed by atoms with Crippen molar-refractivity contribution in [2.75, 3.05) is 13.2 Å². The van der Waals surface area contributed by atoms with Crippen LogP contribution in [0, 0.1) is 6.92 Å². The summed E-state index contributed by atoms with van der Waals surface area (Å²) >= 11 is 0. The minimum absolute atomic E-state index is 0.0352. The van der Waals surface area contributed by atoms with Crippen molar-refractivity contribution < 1.29 is 9.53 Å². The molecular weight excluding hydrogens is 206 g/mol. The van der Waals surface area contributed by atoms with E-state index in [2.05, 4.69) is 5.10 Å². The Morgan fingerprint density at radius 2 is 2.50 bits per heavy atom. The molecule has 2 heterocycles. The molecule has 5 nitrogen and oxygen atoms in total. The molecule has 1 atom stereocenters. The van der Waals surface area contributed by atoms with E-state index in [1.807, 2.05) is 20.0 Å². The van der Waals surface area contributed by atoms with Gasteiger partial charge in [-0.15, -0.1) is 0 Å². The number of aryl methyl sites for hydroxylation is 2. The molecule has 0 radical (unpaired) electrons. The van der Waals surface area contributed by atoms with Crippen molar-refractivity contribution in [3.63, 3.8) is 0 Å². The smallest absolute Gasteiger partial charge is 0.161 e. The molecule has 1 aliphatic heterocycles. The fraction of sp³-hybridized carbons (Fsp3) is 0.636. The van der Waals surface area contributed by atoms with E-state index in [0.29, 0.717) is 26.1 Å². The summed E-state index contributed by atoms with van der Waals surface area (Å²) in [5.41, 5.74) is 7.03. The van der Waals surface area contributed by atoms with Crippen molar-refractivity contribution in [3.05, 3.63) is 17.5 Å². The van der Waals surface area contributed by atoms with Crippen molar-refractivity contribution >= 4 is 5.78 Å². The lowest BCUT2D eigenvalue weighted by molar-refractivity contribution is -0.123. The molecule has 5 heteroatoms. The highest BCUT2D eigenvalue weighted by Crippen LogP contribution is 2.18. The second-order valence-corrected chi connectivity index (χ2v) is 4.46. The number of rotatable bonds is 3. The lowest BCUT2D eigenvalue weighted by Crippen LogP contribution is -2.49. The van der Waals surface area contributed by atoms with Crippen molar-refractivity contribution in [3.8, 4) is 0 Å². The van der Waals surface area contributed by atoms with Crippen LogP contribution >= 0.6 is 0 Å². The molecule has 2 rings (SSSR count). The Labute approximate surface area is 94.6 Å². The quantitative estimate of drug-likeness (QED) is 0.780. The number of ether oxygens (including phenoxy) is 1. The van der Waals surface area contributed by atoms with Crippen LogP contribution in [0.4, 0.5) is 0 Å². The molecule has 0 spiro atoms. The van der Waals surface area contributed by atoms with E-state index in [9.17, 15) is 4.79 Å². The van der Waals surface area contributed by atoms with Crippen molar-refractivity contribution in [2.24, 2.45) is 12.8 Å². The Kier molecular flexibility index (Phi) is 2.82. The number of ketones is 1. The van der Waals surface area contributed by atoms with E-state index in [1.54, 1.807) is 4.68 Å². The predicted molar refractivity (Wildman–Crippen MR) is 59.0 cm³/mol. The van der Waals surface area contributed by atoms with Gasteiger partial charge < -0.3 is 10.5 Å². The Bertz CT molecular complexity index is 405. The molecule has 1 fully saturated rings. The molecule has 0 aromatic carbocycles. The maximum atomic E-state index is 12.1. The summed E-state index contributed by atoms with van der Waals surface area (Å²) in [6.07, 6.45) is 0.944. The summed E-state index contributed by atoms with van der Waals surface area (Å²) in [6, 6.07) is 1.91. The maximum Gasteiger partial charge on any atom is 0.161 e. The SMILES string of the molecule is Cc1cc(CC(=O)C2(N)CCOC2)n(C)n1. The first kappa shape index (κ1) is 11.3. The molecular formula is C11H17N3O2. The van der Waals surface area contributed by atoms with Gasteiger partial charge in [0, 0.05) is 19.3 Å². The summed E-state index contributed by atoms with van der Waals surface area (Å²) in [7, 11) is 1.84. The molecule has 0 bridgehead atoms. The molecule has 1 saturated heterocycles. The minimum atomic E-state index is -0.793. The molecule has 0 aliphatic carbocycles. The minimum Gasteiger partial charge on any atom is -0.379 e. The van der Waals surface area contributed by atoms with Crippen LogP contribution in [0.5, 0.6) is 0 Å². The largest absolute Gasteiger partial charge is 0.379 e. The van der Waals surface area contributed by atoms with Crippen molar-refractivity contribution in [1.29, 1.82) is 0 Å². The molecule has 0 amide bonds. The number of aromatic nitrogens is 2. The van der Waals surface area contributed by atoms with Crippen molar-refractivity contribution in [2.45, 2.75) is 25.3 Å². The van der Waals surface area contributed by atoms with Crippen LogP contribution in [-0.2, 0) is 23.0 Å². The first-order valence-electron chi connectivity index (χ1n) is 5.41. The molecule has 1 unspecified atom stereocenters. The van der Waals surface area contributed by atoms with Gasteiger partial charge in [0.05, 0.1) is 18.7 Å². The van der Waals surface area contributed by atoms with Gasteiger partial charge in [-0.05, 0) is 19.4 Å². The van der Waals surface area contributed by atoms with Gasteiger partial charge in [-0.2, -0.15) is 5.10 Å². The Morgan fingerprint density at radius 3 is 3.00 bits per heavy atom. The van der Waals surface area contributed by atoms with E-state index in [1.165, 1.54) is 0 Å². The molecule has 16 heavy (non-hydrogen) atoms. The van der Waals surface area contributed by atoms with Crippen LogP contribution in [0.1, 0.15) is 17.8 Å².